The van der Waals surface area contributed by atoms with E-state index in [1.165, 1.54) is 0 Å². The van der Waals surface area contributed by atoms with Gasteiger partial charge in [0.05, 0.1) is 5.56 Å². The molecule has 0 aliphatic heterocycles. The number of carbonyl (C=O) groups is 2. The third kappa shape index (κ3) is 4.59. The number of benzene rings is 1. The lowest BCUT2D eigenvalue weighted by atomic mass is 10.2. The smallest absolute Gasteiger partial charge is 0.340 e. The summed E-state index contributed by atoms with van der Waals surface area (Å²) in [7, 11) is 0. The first-order chi connectivity index (χ1) is 9.10. The number of hydrogen-bond acceptors (Lipinski definition) is 4. The lowest BCUT2D eigenvalue weighted by molar-refractivity contribution is -0.128. The van der Waals surface area contributed by atoms with Gasteiger partial charge >= 0.3 is 5.97 Å². The summed E-state index contributed by atoms with van der Waals surface area (Å²) >= 11 is 1.57. The van der Waals surface area contributed by atoms with Crippen molar-refractivity contribution in [3.05, 3.63) is 29.8 Å². The highest BCUT2D eigenvalue weighted by molar-refractivity contribution is 7.99. The van der Waals surface area contributed by atoms with Crippen molar-refractivity contribution in [2.75, 3.05) is 12.3 Å². The summed E-state index contributed by atoms with van der Waals surface area (Å²) in [6, 6.07) is 7.25. The molecule has 0 aliphatic carbocycles. The molecule has 0 bridgehead atoms. The molecule has 4 nitrogen and oxygen atoms in total. The molecule has 0 saturated carbocycles. The van der Waals surface area contributed by atoms with Crippen LogP contribution in [0.2, 0.25) is 0 Å². The lowest BCUT2D eigenvalue weighted by Gasteiger charge is -2.14. The third-order valence-electron chi connectivity index (χ3n) is 2.41. The molecule has 0 heterocycles. The second kappa shape index (κ2) is 7.84. The van der Waals surface area contributed by atoms with Gasteiger partial charge in [0.1, 0.15) is 0 Å². The molecule has 0 unspecified atom stereocenters. The zero-order valence-corrected chi connectivity index (χ0v) is 12.3. The van der Waals surface area contributed by atoms with Gasteiger partial charge in [0.15, 0.2) is 6.10 Å². The second-order valence-corrected chi connectivity index (χ2v) is 5.18. The van der Waals surface area contributed by atoms with E-state index in [2.05, 4.69) is 5.32 Å². The molecule has 0 aliphatic rings. The van der Waals surface area contributed by atoms with Crippen LogP contribution < -0.4 is 5.32 Å². The molecule has 0 radical (unpaired) electrons. The summed E-state index contributed by atoms with van der Waals surface area (Å²) in [4.78, 5) is 24.4. The first kappa shape index (κ1) is 15.6. The number of amides is 1. The Hall–Kier alpha value is -1.49. The Balaban J connectivity index is 2.75. The van der Waals surface area contributed by atoms with Gasteiger partial charge in [0.25, 0.3) is 5.91 Å². The van der Waals surface area contributed by atoms with E-state index in [-0.39, 0.29) is 5.91 Å². The molecule has 1 aromatic carbocycles. The van der Waals surface area contributed by atoms with Crippen LogP contribution in [0.4, 0.5) is 0 Å². The molecule has 1 amide bonds. The fourth-order valence-electron chi connectivity index (χ4n) is 1.51. The van der Waals surface area contributed by atoms with E-state index in [1.807, 2.05) is 26.0 Å². The molecule has 0 spiro atoms. The van der Waals surface area contributed by atoms with Crippen LogP contribution in [0, 0.1) is 0 Å². The van der Waals surface area contributed by atoms with Crippen molar-refractivity contribution in [1.82, 2.24) is 5.32 Å². The van der Waals surface area contributed by atoms with Crippen LogP contribution in [0.3, 0.4) is 0 Å². The van der Waals surface area contributed by atoms with E-state index in [0.717, 1.165) is 10.6 Å². The van der Waals surface area contributed by atoms with Crippen LogP contribution in [0.15, 0.2) is 29.2 Å². The topological polar surface area (TPSA) is 55.4 Å². The highest BCUT2D eigenvalue weighted by atomic mass is 32.2. The van der Waals surface area contributed by atoms with Crippen molar-refractivity contribution in [2.24, 2.45) is 0 Å². The number of esters is 1. The fraction of sp³-hybridized carbons (Fsp3) is 0.429. The number of thioether (sulfide) groups is 1. The van der Waals surface area contributed by atoms with Gasteiger partial charge in [-0.15, -0.1) is 11.8 Å². The Kier molecular flexibility index (Phi) is 6.42. The van der Waals surface area contributed by atoms with E-state index in [1.54, 1.807) is 30.8 Å². The predicted molar refractivity (Wildman–Crippen MR) is 76.4 cm³/mol. The summed E-state index contributed by atoms with van der Waals surface area (Å²) in [5.74, 6) is 0.127. The summed E-state index contributed by atoms with van der Waals surface area (Å²) in [5.41, 5.74) is 0.505. The predicted octanol–water partition coefficient (Wildman–Crippen LogP) is 2.48. The van der Waals surface area contributed by atoms with E-state index in [9.17, 15) is 9.59 Å². The highest BCUT2D eigenvalue weighted by Crippen LogP contribution is 2.23. The molecule has 0 fully saturated rings. The van der Waals surface area contributed by atoms with Crippen molar-refractivity contribution in [3.8, 4) is 0 Å². The maximum Gasteiger partial charge on any atom is 0.340 e. The minimum Gasteiger partial charge on any atom is -0.449 e. The molecular weight excluding hydrogens is 262 g/mol. The highest BCUT2D eigenvalue weighted by Gasteiger charge is 2.19. The minimum atomic E-state index is -0.785. The van der Waals surface area contributed by atoms with Crippen LogP contribution in [0.5, 0.6) is 0 Å². The Morgan fingerprint density at radius 3 is 2.63 bits per heavy atom. The average Bonchev–Trinajstić information content (AvgIpc) is 2.39. The second-order valence-electron chi connectivity index (χ2n) is 3.87. The van der Waals surface area contributed by atoms with Crippen molar-refractivity contribution >= 4 is 23.6 Å². The summed E-state index contributed by atoms with van der Waals surface area (Å²) in [6.45, 7) is 5.92. The van der Waals surface area contributed by atoms with Crippen LogP contribution in [0.1, 0.15) is 31.1 Å². The van der Waals surface area contributed by atoms with Crippen LogP contribution in [-0.2, 0) is 9.53 Å². The van der Waals surface area contributed by atoms with E-state index in [0.29, 0.717) is 12.1 Å². The normalized spacial score (nSPS) is 11.7. The third-order valence-corrected chi connectivity index (χ3v) is 3.37. The molecule has 104 valence electrons. The van der Waals surface area contributed by atoms with Gasteiger partial charge in [-0.25, -0.2) is 4.79 Å². The van der Waals surface area contributed by atoms with Gasteiger partial charge in [0.2, 0.25) is 0 Å². The van der Waals surface area contributed by atoms with Gasteiger partial charge in [0, 0.05) is 11.4 Å². The number of nitrogens with one attached hydrogen (secondary N) is 1. The number of carbonyl (C=O) groups excluding carboxylic acids is 2. The standard InChI is InChI=1S/C14H19NO3S/c1-4-15-13(16)10(3)18-14(17)11-8-6-7-9-12(11)19-5-2/h6-10H,4-5H2,1-3H3,(H,15,16)/t10-/m0/s1. The van der Waals surface area contributed by atoms with Gasteiger partial charge < -0.3 is 10.1 Å². The van der Waals surface area contributed by atoms with Crippen LogP contribution in [0.25, 0.3) is 0 Å². The van der Waals surface area contributed by atoms with Gasteiger partial charge in [-0.05, 0) is 31.7 Å². The molecule has 1 atom stereocenters. The van der Waals surface area contributed by atoms with E-state index >= 15 is 0 Å². The van der Waals surface area contributed by atoms with Crippen LogP contribution in [-0.4, -0.2) is 30.3 Å². The molecule has 19 heavy (non-hydrogen) atoms. The van der Waals surface area contributed by atoms with Gasteiger partial charge in [-0.2, -0.15) is 0 Å². The number of ether oxygens (including phenoxy) is 1. The SMILES string of the molecule is CCNC(=O)[C@H](C)OC(=O)c1ccccc1SCC. The summed E-state index contributed by atoms with van der Waals surface area (Å²) < 4.78 is 5.17. The Morgan fingerprint density at radius 1 is 1.32 bits per heavy atom. The van der Waals surface area contributed by atoms with Crippen molar-refractivity contribution in [2.45, 2.75) is 31.8 Å². The lowest BCUT2D eigenvalue weighted by Crippen LogP contribution is -2.35. The van der Waals surface area contributed by atoms with Crippen molar-refractivity contribution < 1.29 is 14.3 Å². The van der Waals surface area contributed by atoms with E-state index < -0.39 is 12.1 Å². The molecule has 0 aromatic heterocycles. The maximum atomic E-state index is 12.0. The monoisotopic (exact) mass is 281 g/mol. The number of rotatable bonds is 6. The Labute approximate surface area is 117 Å². The number of hydrogen-bond donors (Lipinski definition) is 1. The Bertz CT molecular complexity index is 448. The maximum absolute atomic E-state index is 12.0. The van der Waals surface area contributed by atoms with Crippen LogP contribution >= 0.6 is 11.8 Å². The summed E-state index contributed by atoms with van der Waals surface area (Å²) in [5, 5.41) is 2.62. The average molecular weight is 281 g/mol. The first-order valence-electron chi connectivity index (χ1n) is 6.30. The van der Waals surface area contributed by atoms with E-state index in [4.69, 9.17) is 4.74 Å². The molecule has 5 heteroatoms. The zero-order chi connectivity index (χ0) is 14.3. The van der Waals surface area contributed by atoms with Crippen molar-refractivity contribution in [1.29, 1.82) is 0 Å². The number of likely N-dealkylation sites (N-methyl/N-ethyl adjacent to an activating group) is 1. The Morgan fingerprint density at radius 2 is 2.00 bits per heavy atom. The molecule has 1 rings (SSSR count). The first-order valence-corrected chi connectivity index (χ1v) is 7.29. The zero-order valence-electron chi connectivity index (χ0n) is 11.4. The minimum absolute atomic E-state index is 0.281. The van der Waals surface area contributed by atoms with Crippen molar-refractivity contribution in [3.63, 3.8) is 0 Å². The molecule has 1 N–H and O–H groups in total. The fourth-order valence-corrected chi connectivity index (χ4v) is 2.30. The molecule has 0 saturated heterocycles. The van der Waals surface area contributed by atoms with Gasteiger partial charge in [-0.3, -0.25) is 4.79 Å². The largest absolute Gasteiger partial charge is 0.449 e. The summed E-state index contributed by atoms with van der Waals surface area (Å²) in [6.07, 6.45) is -0.785. The van der Waals surface area contributed by atoms with Gasteiger partial charge in [-0.1, -0.05) is 19.1 Å². The quantitative estimate of drug-likeness (QED) is 0.643. The molecule has 1 aromatic rings. The molecular formula is C14H19NO3S.